The molecule has 0 atom stereocenters. The van der Waals surface area contributed by atoms with Gasteiger partial charge < -0.3 is 0 Å². The van der Waals surface area contributed by atoms with Crippen LogP contribution in [-0.2, 0) is 6.42 Å². The average Bonchev–Trinajstić information content (AvgIpc) is 2.06. The Kier molecular flexibility index (Phi) is 2.97. The average molecular weight is 168 g/mol. The lowest BCUT2D eigenvalue weighted by Crippen LogP contribution is -1.86. The first-order valence-corrected chi connectivity index (χ1v) is 3.75. The van der Waals surface area contributed by atoms with Crippen molar-refractivity contribution >= 4 is 0 Å². The highest BCUT2D eigenvalue weighted by Crippen LogP contribution is 2.12. The van der Waals surface area contributed by atoms with Gasteiger partial charge in [-0.15, -0.1) is 0 Å². The molecule has 1 rings (SSSR count). The van der Waals surface area contributed by atoms with Crippen LogP contribution < -0.4 is 0 Å². The molecule has 0 radical (unpaired) electrons. The number of benzene rings is 1. The fourth-order valence-corrected chi connectivity index (χ4v) is 0.969. The van der Waals surface area contributed by atoms with Gasteiger partial charge >= 0.3 is 0 Å². The molecule has 64 valence electrons. The summed E-state index contributed by atoms with van der Waals surface area (Å²) in [6.07, 6.45) is -1.23. The molecule has 0 saturated carbocycles. The highest BCUT2D eigenvalue weighted by atomic mass is 19.3. The first kappa shape index (κ1) is 8.91. The third-order valence-corrected chi connectivity index (χ3v) is 1.63. The van der Waals surface area contributed by atoms with Gasteiger partial charge in [0.15, 0.2) is 0 Å². The minimum Gasteiger partial charge on any atom is -0.173 e. The lowest BCUT2D eigenvalue weighted by Gasteiger charge is -1.99. The van der Waals surface area contributed by atoms with Crippen LogP contribution >= 0.6 is 0 Å². The maximum Gasteiger partial charge on any atom is 0.269 e. The van der Waals surface area contributed by atoms with Crippen LogP contribution in [0.4, 0.5) is 8.78 Å². The Morgan fingerprint density at radius 2 is 1.75 bits per heavy atom. The Morgan fingerprint density at radius 3 is 2.25 bits per heavy atom. The van der Waals surface area contributed by atoms with Gasteiger partial charge in [-0.3, -0.25) is 0 Å². The van der Waals surface area contributed by atoms with Crippen LogP contribution in [0.1, 0.15) is 12.5 Å². The molecule has 0 aliphatic heterocycles. The molecule has 2 heteroatoms. The van der Waals surface area contributed by atoms with E-state index in [1.807, 2.05) is 30.3 Å². The van der Waals surface area contributed by atoms with Gasteiger partial charge in [-0.05, 0) is 24.5 Å². The van der Waals surface area contributed by atoms with Crippen LogP contribution in [0.5, 0.6) is 0 Å². The summed E-state index contributed by atoms with van der Waals surface area (Å²) in [7, 11) is 0. The molecule has 0 fully saturated rings. The van der Waals surface area contributed by atoms with E-state index in [9.17, 15) is 8.78 Å². The molecule has 0 aromatic heterocycles. The SMILES string of the molecule is CC(Cc1ccccc1)=C(F)F. The number of hydrogen-bond donors (Lipinski definition) is 0. The van der Waals surface area contributed by atoms with Gasteiger partial charge in [0.1, 0.15) is 0 Å². The van der Waals surface area contributed by atoms with Gasteiger partial charge in [-0.1, -0.05) is 30.3 Å². The number of hydrogen-bond acceptors (Lipinski definition) is 0. The summed E-state index contributed by atoms with van der Waals surface area (Å²) in [4.78, 5) is 0. The molecule has 0 saturated heterocycles. The third-order valence-electron chi connectivity index (χ3n) is 1.63. The maximum atomic E-state index is 12.0. The Balaban J connectivity index is 2.72. The molecule has 1 aromatic rings. The summed E-state index contributed by atoms with van der Waals surface area (Å²) in [6, 6.07) is 9.24. The predicted molar refractivity (Wildman–Crippen MR) is 45.1 cm³/mol. The van der Waals surface area contributed by atoms with Crippen molar-refractivity contribution in [3.8, 4) is 0 Å². The zero-order chi connectivity index (χ0) is 8.97. The van der Waals surface area contributed by atoms with Crippen molar-refractivity contribution in [3.63, 3.8) is 0 Å². The van der Waals surface area contributed by atoms with Crippen molar-refractivity contribution in [2.75, 3.05) is 0 Å². The minimum atomic E-state index is -1.57. The summed E-state index contributed by atoms with van der Waals surface area (Å²) in [5.41, 5.74) is 1.06. The molecule has 0 nitrogen and oxygen atoms in total. The van der Waals surface area contributed by atoms with Gasteiger partial charge in [-0.2, -0.15) is 8.78 Å². The largest absolute Gasteiger partial charge is 0.269 e. The topological polar surface area (TPSA) is 0 Å². The number of rotatable bonds is 2. The molecule has 1 aromatic carbocycles. The van der Waals surface area contributed by atoms with Gasteiger partial charge in [0.2, 0.25) is 0 Å². The monoisotopic (exact) mass is 168 g/mol. The van der Waals surface area contributed by atoms with Crippen LogP contribution in [0.3, 0.4) is 0 Å². The van der Waals surface area contributed by atoms with Crippen molar-refractivity contribution in [1.29, 1.82) is 0 Å². The molecule has 0 N–H and O–H groups in total. The van der Waals surface area contributed by atoms with Gasteiger partial charge in [0, 0.05) is 0 Å². The highest BCUT2D eigenvalue weighted by Gasteiger charge is 2.00. The second-order valence-electron chi connectivity index (χ2n) is 2.70. The molecule has 0 heterocycles. The molecule has 12 heavy (non-hydrogen) atoms. The second kappa shape index (κ2) is 4.00. The van der Waals surface area contributed by atoms with E-state index in [2.05, 4.69) is 0 Å². The Hall–Kier alpha value is -1.18. The van der Waals surface area contributed by atoms with Crippen molar-refractivity contribution in [2.45, 2.75) is 13.3 Å². The van der Waals surface area contributed by atoms with E-state index in [0.717, 1.165) is 5.56 Å². The molecule has 0 spiro atoms. The molecule has 0 bridgehead atoms. The first-order valence-electron chi connectivity index (χ1n) is 3.75. The smallest absolute Gasteiger partial charge is 0.173 e. The van der Waals surface area contributed by atoms with Crippen molar-refractivity contribution < 1.29 is 8.78 Å². The van der Waals surface area contributed by atoms with Gasteiger partial charge in [0.05, 0.1) is 0 Å². The molecular weight excluding hydrogens is 158 g/mol. The van der Waals surface area contributed by atoms with Crippen molar-refractivity contribution in [3.05, 3.63) is 47.5 Å². The summed E-state index contributed by atoms with van der Waals surface area (Å²) in [6.45, 7) is 1.45. The maximum absolute atomic E-state index is 12.0. The van der Waals surface area contributed by atoms with E-state index < -0.39 is 6.08 Å². The van der Waals surface area contributed by atoms with Gasteiger partial charge in [0.25, 0.3) is 6.08 Å². The third kappa shape index (κ3) is 2.46. The van der Waals surface area contributed by atoms with Crippen molar-refractivity contribution in [2.24, 2.45) is 0 Å². The summed E-state index contributed by atoms with van der Waals surface area (Å²) < 4.78 is 24.0. The molecule has 0 aliphatic carbocycles. The molecule has 0 amide bonds. The van der Waals surface area contributed by atoms with Crippen LogP contribution in [-0.4, -0.2) is 0 Å². The second-order valence-corrected chi connectivity index (χ2v) is 2.70. The quantitative estimate of drug-likeness (QED) is 0.634. The van der Waals surface area contributed by atoms with E-state index in [1.165, 1.54) is 6.92 Å². The van der Waals surface area contributed by atoms with Crippen LogP contribution in [0.2, 0.25) is 0 Å². The fraction of sp³-hybridized carbons (Fsp3) is 0.200. The van der Waals surface area contributed by atoms with E-state index in [4.69, 9.17) is 0 Å². The Labute approximate surface area is 70.5 Å². The van der Waals surface area contributed by atoms with Crippen LogP contribution in [0.25, 0.3) is 0 Å². The molecular formula is C10H10F2. The lowest BCUT2D eigenvalue weighted by atomic mass is 10.1. The van der Waals surface area contributed by atoms with E-state index in [1.54, 1.807) is 0 Å². The molecule has 0 aliphatic rings. The van der Waals surface area contributed by atoms with E-state index in [-0.39, 0.29) is 5.57 Å². The zero-order valence-electron chi connectivity index (χ0n) is 6.85. The number of halogens is 2. The van der Waals surface area contributed by atoms with E-state index >= 15 is 0 Å². The Morgan fingerprint density at radius 1 is 1.17 bits per heavy atom. The Bertz CT molecular complexity index is 271. The summed E-state index contributed by atoms with van der Waals surface area (Å²) in [5, 5.41) is 0. The predicted octanol–water partition coefficient (Wildman–Crippen LogP) is 3.40. The standard InChI is InChI=1S/C10H10F2/c1-8(10(11)12)7-9-5-3-2-4-6-9/h2-6H,7H2,1H3. The van der Waals surface area contributed by atoms with Gasteiger partial charge in [-0.25, -0.2) is 0 Å². The van der Waals surface area contributed by atoms with Crippen molar-refractivity contribution in [1.82, 2.24) is 0 Å². The summed E-state index contributed by atoms with van der Waals surface area (Å²) >= 11 is 0. The zero-order valence-corrected chi connectivity index (χ0v) is 6.85. The molecule has 0 unspecified atom stereocenters. The first-order chi connectivity index (χ1) is 5.70. The lowest BCUT2D eigenvalue weighted by molar-refractivity contribution is 0.409. The highest BCUT2D eigenvalue weighted by molar-refractivity contribution is 5.20. The summed E-state index contributed by atoms with van der Waals surface area (Å²) in [5.74, 6) is 0. The number of allylic oxidation sites excluding steroid dienone is 1. The van der Waals surface area contributed by atoms with E-state index in [0.29, 0.717) is 6.42 Å². The minimum absolute atomic E-state index is 0.140. The fourth-order valence-electron chi connectivity index (χ4n) is 0.969. The normalized spacial score (nSPS) is 9.58. The van der Waals surface area contributed by atoms with Crippen LogP contribution in [0.15, 0.2) is 42.0 Å². The van der Waals surface area contributed by atoms with Crippen LogP contribution in [0, 0.1) is 0 Å².